The van der Waals surface area contributed by atoms with Gasteiger partial charge in [0.25, 0.3) is 0 Å². The number of ether oxygens (including phenoxy) is 1. The molecule has 1 aromatic heterocycles. The van der Waals surface area contributed by atoms with Crippen molar-refractivity contribution in [1.29, 1.82) is 0 Å². The Morgan fingerprint density at radius 3 is 2.40 bits per heavy atom. The molecule has 25 heavy (non-hydrogen) atoms. The molecular weight excluding hydrogens is 314 g/mol. The minimum atomic E-state index is -0.464. The zero-order chi connectivity index (χ0) is 17.6. The summed E-state index contributed by atoms with van der Waals surface area (Å²) in [6.45, 7) is 2.57. The number of carbonyl (C=O) groups is 1. The Hall–Kier alpha value is -2.85. The average molecular weight is 335 g/mol. The molecule has 0 bridgehead atoms. The van der Waals surface area contributed by atoms with Crippen LogP contribution in [0.3, 0.4) is 0 Å². The van der Waals surface area contributed by atoms with Gasteiger partial charge in [0.1, 0.15) is 0 Å². The van der Waals surface area contributed by atoms with Crippen molar-refractivity contribution in [2.75, 3.05) is 7.11 Å². The molecule has 0 aliphatic heterocycles. The van der Waals surface area contributed by atoms with Gasteiger partial charge < -0.3 is 14.5 Å². The van der Waals surface area contributed by atoms with Gasteiger partial charge in [-0.15, -0.1) is 0 Å². The Labute approximate surface area is 147 Å². The van der Waals surface area contributed by atoms with Gasteiger partial charge in [-0.1, -0.05) is 60.2 Å². The van der Waals surface area contributed by atoms with Crippen molar-refractivity contribution in [3.63, 3.8) is 0 Å². The quantitative estimate of drug-likeness (QED) is 0.684. The molecule has 1 N–H and O–H groups in total. The van der Waals surface area contributed by atoms with Gasteiger partial charge in [-0.2, -0.15) is 0 Å². The third kappa shape index (κ3) is 3.98. The smallest absolute Gasteiger partial charge is 0.374 e. The molecule has 3 aromatic rings. The molecule has 0 aliphatic rings. The van der Waals surface area contributed by atoms with E-state index in [1.54, 1.807) is 6.07 Å². The number of benzene rings is 2. The minimum absolute atomic E-state index is 0.0159. The molecule has 4 nitrogen and oxygen atoms in total. The molecular formula is C21H21NO3. The van der Waals surface area contributed by atoms with Crippen LogP contribution in [-0.4, -0.2) is 13.1 Å². The van der Waals surface area contributed by atoms with Crippen LogP contribution in [0.5, 0.6) is 0 Å². The second-order valence-corrected chi connectivity index (χ2v) is 5.90. The molecule has 0 spiro atoms. The zero-order valence-corrected chi connectivity index (χ0v) is 14.4. The molecule has 0 amide bonds. The highest BCUT2D eigenvalue weighted by Gasteiger charge is 2.18. The molecule has 3 rings (SSSR count). The number of methoxy groups -OCH3 is 1. The highest BCUT2D eigenvalue weighted by molar-refractivity contribution is 5.87. The number of aryl methyl sites for hydroxylation is 1. The van der Waals surface area contributed by atoms with E-state index in [9.17, 15) is 4.79 Å². The van der Waals surface area contributed by atoms with Crippen LogP contribution in [0.2, 0.25) is 0 Å². The normalized spacial score (nSPS) is 11.9. The Kier molecular flexibility index (Phi) is 5.31. The van der Waals surface area contributed by atoms with Crippen molar-refractivity contribution < 1.29 is 13.9 Å². The third-order valence-corrected chi connectivity index (χ3v) is 4.16. The summed E-state index contributed by atoms with van der Waals surface area (Å²) >= 11 is 0. The third-order valence-electron chi connectivity index (χ3n) is 4.16. The predicted octanol–water partition coefficient (Wildman–Crippen LogP) is 4.25. The van der Waals surface area contributed by atoms with Crippen molar-refractivity contribution in [3.05, 3.63) is 94.9 Å². The second kappa shape index (κ2) is 7.81. The van der Waals surface area contributed by atoms with Gasteiger partial charge in [0.05, 0.1) is 19.4 Å². The summed E-state index contributed by atoms with van der Waals surface area (Å²) in [5, 5.41) is 3.53. The number of nitrogens with one attached hydrogen (secondary N) is 1. The molecule has 0 saturated heterocycles. The van der Waals surface area contributed by atoms with Crippen LogP contribution in [0, 0.1) is 6.92 Å². The number of carbonyl (C=O) groups excluding carboxylic acids is 1. The molecule has 0 aliphatic carbocycles. The minimum Gasteiger partial charge on any atom is -0.463 e. The van der Waals surface area contributed by atoms with E-state index in [0.717, 1.165) is 11.1 Å². The first-order chi connectivity index (χ1) is 12.2. The first-order valence-electron chi connectivity index (χ1n) is 8.18. The summed E-state index contributed by atoms with van der Waals surface area (Å²) < 4.78 is 10.0. The Bertz CT molecular complexity index is 822. The number of furan rings is 1. The van der Waals surface area contributed by atoms with Crippen molar-refractivity contribution in [2.24, 2.45) is 0 Å². The summed E-state index contributed by atoms with van der Waals surface area (Å²) in [5.74, 6) is -0.223. The maximum atomic E-state index is 11.8. The summed E-state index contributed by atoms with van der Waals surface area (Å²) in [7, 11) is 1.35. The number of hydrogen-bond donors (Lipinski definition) is 1. The van der Waals surface area contributed by atoms with E-state index in [4.69, 9.17) is 9.15 Å². The largest absolute Gasteiger partial charge is 0.463 e. The number of hydrogen-bond acceptors (Lipinski definition) is 4. The molecule has 128 valence electrons. The lowest BCUT2D eigenvalue weighted by Gasteiger charge is -2.20. The maximum absolute atomic E-state index is 11.8. The summed E-state index contributed by atoms with van der Waals surface area (Å²) in [5.41, 5.74) is 4.33. The van der Waals surface area contributed by atoms with Crippen LogP contribution in [-0.2, 0) is 11.3 Å². The molecule has 1 heterocycles. The van der Waals surface area contributed by atoms with Crippen LogP contribution >= 0.6 is 0 Å². The lowest BCUT2D eigenvalue weighted by atomic mass is 9.97. The van der Waals surface area contributed by atoms with Gasteiger partial charge in [-0.3, -0.25) is 0 Å². The standard InChI is InChI=1S/C21H21NO3/c1-15-8-10-17(11-9-15)19(16-6-4-3-5-7-16)22-14-18-12-13-25-20(18)21(23)24-2/h3-13,19,22H,14H2,1-2H3. The van der Waals surface area contributed by atoms with Gasteiger partial charge in [-0.05, 0) is 24.1 Å². The molecule has 0 radical (unpaired) electrons. The molecule has 0 fully saturated rings. The van der Waals surface area contributed by atoms with Crippen LogP contribution in [0.4, 0.5) is 0 Å². The van der Waals surface area contributed by atoms with Gasteiger partial charge in [0.2, 0.25) is 5.76 Å². The second-order valence-electron chi connectivity index (χ2n) is 5.90. The van der Waals surface area contributed by atoms with E-state index in [0.29, 0.717) is 6.54 Å². The highest BCUT2D eigenvalue weighted by Crippen LogP contribution is 2.23. The number of rotatable bonds is 6. The first-order valence-corrected chi connectivity index (χ1v) is 8.18. The van der Waals surface area contributed by atoms with Crippen molar-refractivity contribution in [2.45, 2.75) is 19.5 Å². The lowest BCUT2D eigenvalue weighted by Crippen LogP contribution is -2.22. The number of esters is 1. The first kappa shape index (κ1) is 17.0. The fourth-order valence-corrected chi connectivity index (χ4v) is 2.79. The van der Waals surface area contributed by atoms with E-state index < -0.39 is 5.97 Å². The fourth-order valence-electron chi connectivity index (χ4n) is 2.79. The Morgan fingerprint density at radius 1 is 1.04 bits per heavy atom. The van der Waals surface area contributed by atoms with Gasteiger partial charge in [-0.25, -0.2) is 4.79 Å². The van der Waals surface area contributed by atoms with Crippen molar-refractivity contribution >= 4 is 5.97 Å². The monoisotopic (exact) mass is 335 g/mol. The molecule has 1 atom stereocenters. The van der Waals surface area contributed by atoms with E-state index >= 15 is 0 Å². The maximum Gasteiger partial charge on any atom is 0.374 e. The van der Waals surface area contributed by atoms with E-state index in [1.165, 1.54) is 24.5 Å². The van der Waals surface area contributed by atoms with E-state index in [1.807, 2.05) is 18.2 Å². The van der Waals surface area contributed by atoms with E-state index in [2.05, 4.69) is 48.6 Å². The highest BCUT2D eigenvalue weighted by atomic mass is 16.5. The molecule has 2 aromatic carbocycles. The van der Waals surface area contributed by atoms with Crippen molar-refractivity contribution in [3.8, 4) is 0 Å². The average Bonchev–Trinajstić information content (AvgIpc) is 3.12. The van der Waals surface area contributed by atoms with Crippen LogP contribution in [0.25, 0.3) is 0 Å². The van der Waals surface area contributed by atoms with Gasteiger partial charge >= 0.3 is 5.97 Å². The predicted molar refractivity (Wildman–Crippen MR) is 96.4 cm³/mol. The Morgan fingerprint density at radius 2 is 1.72 bits per heavy atom. The van der Waals surface area contributed by atoms with Crippen molar-refractivity contribution in [1.82, 2.24) is 5.32 Å². The molecule has 1 unspecified atom stereocenters. The zero-order valence-electron chi connectivity index (χ0n) is 14.4. The SMILES string of the molecule is COC(=O)c1occc1CNC(c1ccccc1)c1ccc(C)cc1. The lowest BCUT2D eigenvalue weighted by molar-refractivity contribution is 0.0563. The van der Waals surface area contributed by atoms with Crippen LogP contribution in [0.15, 0.2) is 71.3 Å². The fraction of sp³-hybridized carbons (Fsp3) is 0.190. The Balaban J connectivity index is 1.85. The summed E-state index contributed by atoms with van der Waals surface area (Å²) in [6.07, 6.45) is 1.51. The van der Waals surface area contributed by atoms with Gasteiger partial charge in [0, 0.05) is 12.1 Å². The summed E-state index contributed by atoms with van der Waals surface area (Å²) in [6, 6.07) is 20.5. The van der Waals surface area contributed by atoms with Crippen LogP contribution < -0.4 is 5.32 Å². The van der Waals surface area contributed by atoms with Crippen LogP contribution in [0.1, 0.15) is 38.9 Å². The molecule has 4 heteroatoms. The summed E-state index contributed by atoms with van der Waals surface area (Å²) in [4.78, 5) is 11.8. The van der Waals surface area contributed by atoms with E-state index in [-0.39, 0.29) is 11.8 Å². The van der Waals surface area contributed by atoms with Gasteiger partial charge in [0.15, 0.2) is 0 Å². The topological polar surface area (TPSA) is 51.5 Å². The molecule has 0 saturated carbocycles.